The lowest BCUT2D eigenvalue weighted by Gasteiger charge is -2.33. The van der Waals surface area contributed by atoms with Crippen molar-refractivity contribution in [2.45, 2.75) is 18.6 Å². The molecule has 9 nitrogen and oxygen atoms in total. The fourth-order valence-corrected chi connectivity index (χ4v) is 4.79. The highest BCUT2D eigenvalue weighted by atomic mass is 32.2. The summed E-state index contributed by atoms with van der Waals surface area (Å²) < 4.78 is 39.0. The fraction of sp³-hybridized carbons (Fsp3) is 0.333. The smallest absolute Gasteiger partial charge is 0.374 e. The molecule has 1 aromatic carbocycles. The Hall–Kier alpha value is -2.95. The van der Waals surface area contributed by atoms with Crippen LogP contribution < -0.4 is 0 Å². The molecule has 31 heavy (non-hydrogen) atoms. The summed E-state index contributed by atoms with van der Waals surface area (Å²) in [6, 6.07) is 12.6. The second kappa shape index (κ2) is 9.04. The van der Waals surface area contributed by atoms with Crippen LogP contribution in [0.4, 0.5) is 0 Å². The maximum Gasteiger partial charge on any atom is 0.374 e. The first kappa shape index (κ1) is 21.3. The number of hydrogen-bond acceptors (Lipinski definition) is 7. The number of furan rings is 1. The van der Waals surface area contributed by atoms with E-state index in [9.17, 15) is 13.2 Å². The van der Waals surface area contributed by atoms with Crippen molar-refractivity contribution in [1.29, 1.82) is 0 Å². The van der Waals surface area contributed by atoms with Gasteiger partial charge in [-0.25, -0.2) is 17.9 Å². The molecule has 0 radical (unpaired) electrons. The summed E-state index contributed by atoms with van der Waals surface area (Å²) in [7, 11) is -3.79. The third kappa shape index (κ3) is 4.71. The zero-order valence-electron chi connectivity index (χ0n) is 17.2. The Bertz CT molecular complexity index is 1110. The Morgan fingerprint density at radius 2 is 1.84 bits per heavy atom. The maximum atomic E-state index is 12.8. The molecule has 0 N–H and O–H groups in total. The van der Waals surface area contributed by atoms with E-state index in [1.54, 1.807) is 17.8 Å². The van der Waals surface area contributed by atoms with Crippen LogP contribution >= 0.6 is 0 Å². The summed E-state index contributed by atoms with van der Waals surface area (Å²) in [5, 5.41) is 3.98. The zero-order chi connectivity index (χ0) is 21.8. The van der Waals surface area contributed by atoms with E-state index < -0.39 is 16.0 Å². The van der Waals surface area contributed by atoms with Crippen LogP contribution in [0.3, 0.4) is 0 Å². The molecule has 0 spiro atoms. The molecule has 0 amide bonds. The number of carbonyl (C=O) groups excluding carboxylic acids is 1. The molecule has 1 aliphatic heterocycles. The second-order valence-electron chi connectivity index (χ2n) is 7.14. The first-order valence-corrected chi connectivity index (χ1v) is 11.5. The molecule has 0 aliphatic carbocycles. The van der Waals surface area contributed by atoms with Gasteiger partial charge in [0, 0.05) is 45.1 Å². The Kier molecular flexibility index (Phi) is 6.21. The van der Waals surface area contributed by atoms with Gasteiger partial charge in [-0.15, -0.1) is 0 Å². The molecule has 3 aromatic rings. The van der Waals surface area contributed by atoms with E-state index in [2.05, 4.69) is 22.1 Å². The lowest BCUT2D eigenvalue weighted by Crippen LogP contribution is -2.48. The largest absolute Gasteiger partial charge is 0.460 e. The average molecular weight is 445 g/mol. The predicted octanol–water partition coefficient (Wildman–Crippen LogP) is 2.15. The van der Waals surface area contributed by atoms with E-state index in [1.165, 1.54) is 16.4 Å². The Morgan fingerprint density at radius 3 is 2.48 bits per heavy atom. The molecule has 1 aliphatic rings. The molecule has 10 heteroatoms. The number of nitrogens with zero attached hydrogens (tertiary/aromatic N) is 4. The predicted molar refractivity (Wildman–Crippen MR) is 112 cm³/mol. The van der Waals surface area contributed by atoms with Gasteiger partial charge in [-0.1, -0.05) is 12.1 Å². The molecule has 1 saturated heterocycles. The number of carbonyl (C=O) groups is 1. The lowest BCUT2D eigenvalue weighted by atomic mass is 10.2. The summed E-state index contributed by atoms with van der Waals surface area (Å²) in [5.41, 5.74) is 2.14. The first-order chi connectivity index (χ1) is 15.0. The quantitative estimate of drug-likeness (QED) is 0.515. The minimum atomic E-state index is -3.79. The van der Waals surface area contributed by atoms with E-state index in [4.69, 9.17) is 9.15 Å². The summed E-state index contributed by atoms with van der Waals surface area (Å²) in [4.78, 5) is 13.9. The van der Waals surface area contributed by atoms with Crippen LogP contribution in [-0.4, -0.2) is 66.2 Å². The molecule has 1 fully saturated rings. The summed E-state index contributed by atoms with van der Waals surface area (Å²) in [6.07, 6.45) is 3.63. The molecule has 164 valence electrons. The number of rotatable bonds is 7. The number of aromatic nitrogens is 2. The van der Waals surface area contributed by atoms with Gasteiger partial charge < -0.3 is 9.15 Å². The number of hydrogen-bond donors (Lipinski definition) is 0. The van der Waals surface area contributed by atoms with Gasteiger partial charge in [-0.2, -0.15) is 9.40 Å². The molecule has 0 unspecified atom stereocenters. The number of piperazine rings is 1. The summed E-state index contributed by atoms with van der Waals surface area (Å²) >= 11 is 0. The molecular weight excluding hydrogens is 420 g/mol. The van der Waals surface area contributed by atoms with E-state index in [0.29, 0.717) is 26.2 Å². The van der Waals surface area contributed by atoms with Gasteiger partial charge in [0.15, 0.2) is 0 Å². The van der Waals surface area contributed by atoms with Gasteiger partial charge in [0.05, 0.1) is 12.3 Å². The van der Waals surface area contributed by atoms with Crippen LogP contribution in [0.1, 0.15) is 23.0 Å². The summed E-state index contributed by atoms with van der Waals surface area (Å²) in [5.74, 6) is -0.787. The highest BCUT2D eigenvalue weighted by molar-refractivity contribution is 7.89. The Balaban J connectivity index is 1.34. The Labute approximate surface area is 180 Å². The van der Waals surface area contributed by atoms with Crippen LogP contribution in [0.25, 0.3) is 5.69 Å². The van der Waals surface area contributed by atoms with E-state index in [-0.39, 0.29) is 17.5 Å². The van der Waals surface area contributed by atoms with Crippen molar-refractivity contribution in [3.05, 3.63) is 66.2 Å². The zero-order valence-corrected chi connectivity index (χ0v) is 18.0. The monoisotopic (exact) mass is 444 g/mol. The van der Waals surface area contributed by atoms with Gasteiger partial charge in [0.2, 0.25) is 10.9 Å². The van der Waals surface area contributed by atoms with Crippen molar-refractivity contribution >= 4 is 16.0 Å². The van der Waals surface area contributed by atoms with Crippen molar-refractivity contribution in [2.75, 3.05) is 32.8 Å². The van der Waals surface area contributed by atoms with Crippen LogP contribution in [0.2, 0.25) is 0 Å². The number of sulfonamides is 1. The van der Waals surface area contributed by atoms with Crippen LogP contribution in [0, 0.1) is 0 Å². The lowest BCUT2D eigenvalue weighted by molar-refractivity contribution is 0.0483. The van der Waals surface area contributed by atoms with Gasteiger partial charge in [-0.05, 0) is 42.8 Å². The number of esters is 1. The maximum absolute atomic E-state index is 12.8. The van der Waals surface area contributed by atoms with Crippen molar-refractivity contribution in [1.82, 2.24) is 19.0 Å². The minimum Gasteiger partial charge on any atom is -0.460 e. The molecule has 0 bridgehead atoms. The van der Waals surface area contributed by atoms with Crippen LogP contribution in [0.5, 0.6) is 0 Å². The average Bonchev–Trinajstić information content (AvgIpc) is 3.48. The molecule has 0 atom stereocenters. The van der Waals surface area contributed by atoms with Crippen LogP contribution in [0.15, 0.2) is 64.4 Å². The van der Waals surface area contributed by atoms with Crippen molar-refractivity contribution in [2.24, 2.45) is 0 Å². The fourth-order valence-electron chi connectivity index (χ4n) is 3.46. The van der Waals surface area contributed by atoms with Crippen molar-refractivity contribution < 1.29 is 22.4 Å². The Morgan fingerprint density at radius 1 is 1.10 bits per heavy atom. The van der Waals surface area contributed by atoms with Gasteiger partial charge in [-0.3, -0.25) is 4.90 Å². The highest BCUT2D eigenvalue weighted by Gasteiger charge is 2.31. The highest BCUT2D eigenvalue weighted by Crippen LogP contribution is 2.21. The van der Waals surface area contributed by atoms with E-state index >= 15 is 0 Å². The normalized spacial score (nSPS) is 15.8. The van der Waals surface area contributed by atoms with E-state index in [1.807, 2.05) is 24.4 Å². The standard InChI is InChI=1S/C21H24N4O5S/c1-2-29-21(26)19-8-9-20(30-19)31(27,28)24-14-12-23(13-15-24)16-17-4-6-18(7-5-17)25-11-3-10-22-25/h3-11H,2,12-16H2,1H3. The minimum absolute atomic E-state index is 0.113. The number of ether oxygens (including phenoxy) is 1. The SMILES string of the molecule is CCOC(=O)c1ccc(S(=O)(=O)N2CCN(Cc3ccc(-n4cccn4)cc3)CC2)o1. The van der Waals surface area contributed by atoms with Crippen molar-refractivity contribution in [3.8, 4) is 5.69 Å². The van der Waals surface area contributed by atoms with Crippen LogP contribution in [-0.2, 0) is 21.3 Å². The van der Waals surface area contributed by atoms with Gasteiger partial charge >= 0.3 is 5.97 Å². The molecular formula is C21H24N4O5S. The molecule has 2 aromatic heterocycles. The second-order valence-corrected chi connectivity index (χ2v) is 9.01. The first-order valence-electron chi connectivity index (χ1n) is 10.1. The molecule has 0 saturated carbocycles. The van der Waals surface area contributed by atoms with E-state index in [0.717, 1.165) is 17.8 Å². The number of benzene rings is 1. The topological polar surface area (TPSA) is 97.9 Å². The third-order valence-electron chi connectivity index (χ3n) is 5.09. The van der Waals surface area contributed by atoms with Gasteiger partial charge in [0.25, 0.3) is 10.0 Å². The third-order valence-corrected chi connectivity index (χ3v) is 6.87. The van der Waals surface area contributed by atoms with Crippen molar-refractivity contribution in [3.63, 3.8) is 0 Å². The summed E-state index contributed by atoms with van der Waals surface area (Å²) in [6.45, 7) is 4.51. The molecule has 4 rings (SSSR count). The van der Waals surface area contributed by atoms with Gasteiger partial charge in [0.1, 0.15) is 0 Å². The molecule has 3 heterocycles.